The molecular weight excluding hydrogens is 486 g/mol. The number of carbonyl (C=O) groups is 2. The summed E-state index contributed by atoms with van der Waals surface area (Å²) in [6.45, 7) is 3.80. The molecule has 0 saturated carbocycles. The monoisotopic (exact) mass is 503 g/mol. The van der Waals surface area contributed by atoms with Crippen LogP contribution in [-0.2, 0) is 15.8 Å². The molecule has 1 saturated heterocycles. The van der Waals surface area contributed by atoms with Crippen molar-refractivity contribution in [3.63, 3.8) is 0 Å². The molecule has 170 valence electrons. The second kappa shape index (κ2) is 9.72. The largest absolute Gasteiger partial charge is 0.417 e. The van der Waals surface area contributed by atoms with E-state index in [9.17, 15) is 22.8 Å². The molecule has 1 atom stereocenters. The first-order valence-electron chi connectivity index (χ1n) is 9.49. The van der Waals surface area contributed by atoms with Crippen LogP contribution in [0, 0.1) is 6.92 Å². The average molecular weight is 504 g/mol. The number of amides is 2. The SMILES string of the molecule is CCN1C(=O)CC(C(=O)Nc2ccc(C)c(Cl)c2)SC1=Nc1ccc(Cl)c(C(F)(F)F)c1. The lowest BCUT2D eigenvalue weighted by Crippen LogP contribution is -2.45. The number of carbonyl (C=O) groups excluding carboxylic acids is 2. The van der Waals surface area contributed by atoms with Gasteiger partial charge in [0.2, 0.25) is 11.8 Å². The highest BCUT2D eigenvalue weighted by atomic mass is 35.5. The summed E-state index contributed by atoms with van der Waals surface area (Å²) in [6.07, 6.45) is -4.72. The zero-order chi connectivity index (χ0) is 23.6. The highest BCUT2D eigenvalue weighted by molar-refractivity contribution is 8.15. The quantitative estimate of drug-likeness (QED) is 0.532. The summed E-state index contributed by atoms with van der Waals surface area (Å²) in [5.41, 5.74) is 0.271. The fourth-order valence-corrected chi connectivity index (χ4v) is 4.52. The number of alkyl halides is 3. The number of amidine groups is 1. The lowest BCUT2D eigenvalue weighted by atomic mass is 10.2. The summed E-state index contributed by atoms with van der Waals surface area (Å²) in [4.78, 5) is 30.9. The van der Waals surface area contributed by atoms with Gasteiger partial charge in [-0.3, -0.25) is 14.5 Å². The zero-order valence-corrected chi connectivity index (χ0v) is 19.3. The van der Waals surface area contributed by atoms with E-state index in [1.165, 1.54) is 11.0 Å². The van der Waals surface area contributed by atoms with Gasteiger partial charge in [-0.15, -0.1) is 0 Å². The van der Waals surface area contributed by atoms with E-state index in [0.717, 1.165) is 29.5 Å². The average Bonchev–Trinajstić information content (AvgIpc) is 2.71. The van der Waals surface area contributed by atoms with Crippen LogP contribution in [-0.4, -0.2) is 33.7 Å². The fraction of sp³-hybridized carbons (Fsp3) is 0.286. The Bertz CT molecular complexity index is 1090. The highest BCUT2D eigenvalue weighted by Crippen LogP contribution is 2.38. The van der Waals surface area contributed by atoms with Gasteiger partial charge >= 0.3 is 6.18 Å². The van der Waals surface area contributed by atoms with E-state index in [1.54, 1.807) is 25.1 Å². The van der Waals surface area contributed by atoms with Crippen LogP contribution in [0.15, 0.2) is 41.4 Å². The van der Waals surface area contributed by atoms with Crippen molar-refractivity contribution in [1.29, 1.82) is 0 Å². The summed E-state index contributed by atoms with van der Waals surface area (Å²) < 4.78 is 39.5. The Morgan fingerprint density at radius 3 is 2.56 bits per heavy atom. The predicted molar refractivity (Wildman–Crippen MR) is 122 cm³/mol. The second-order valence-corrected chi connectivity index (χ2v) is 8.94. The van der Waals surface area contributed by atoms with Crippen LogP contribution >= 0.6 is 35.0 Å². The van der Waals surface area contributed by atoms with Gasteiger partial charge in [-0.05, 0) is 49.7 Å². The van der Waals surface area contributed by atoms with Crippen molar-refractivity contribution in [2.24, 2.45) is 4.99 Å². The Hall–Kier alpha value is -2.23. The molecule has 2 aromatic rings. The van der Waals surface area contributed by atoms with Gasteiger partial charge in [-0.2, -0.15) is 13.2 Å². The number of aliphatic imine (C=N–C) groups is 1. The highest BCUT2D eigenvalue weighted by Gasteiger charge is 2.36. The number of aryl methyl sites for hydroxylation is 1. The minimum Gasteiger partial charge on any atom is -0.325 e. The molecule has 32 heavy (non-hydrogen) atoms. The lowest BCUT2D eigenvalue weighted by molar-refractivity contribution is -0.137. The van der Waals surface area contributed by atoms with Crippen molar-refractivity contribution in [3.8, 4) is 0 Å². The number of rotatable bonds is 4. The fourth-order valence-electron chi connectivity index (χ4n) is 2.96. The Balaban J connectivity index is 1.87. The summed E-state index contributed by atoms with van der Waals surface area (Å²) in [5, 5.41) is 2.09. The zero-order valence-electron chi connectivity index (χ0n) is 17.0. The predicted octanol–water partition coefficient (Wildman–Crippen LogP) is 6.30. The molecule has 2 aromatic carbocycles. The maximum Gasteiger partial charge on any atom is 0.417 e. The van der Waals surface area contributed by atoms with E-state index in [2.05, 4.69) is 10.3 Å². The molecule has 1 aliphatic heterocycles. The van der Waals surface area contributed by atoms with Crippen molar-refractivity contribution in [2.75, 3.05) is 11.9 Å². The molecule has 1 heterocycles. The van der Waals surface area contributed by atoms with E-state index in [1.807, 2.05) is 6.92 Å². The van der Waals surface area contributed by atoms with Crippen LogP contribution in [0.5, 0.6) is 0 Å². The molecule has 11 heteroatoms. The third-order valence-corrected chi connectivity index (χ3v) is 6.59. The van der Waals surface area contributed by atoms with E-state index in [0.29, 0.717) is 10.7 Å². The molecule has 5 nitrogen and oxygen atoms in total. The van der Waals surface area contributed by atoms with Crippen molar-refractivity contribution >= 4 is 63.3 Å². The summed E-state index contributed by atoms with van der Waals surface area (Å²) in [5.74, 6) is -0.782. The molecule has 1 unspecified atom stereocenters. The molecule has 1 fully saturated rings. The second-order valence-electron chi connectivity index (χ2n) is 6.96. The minimum atomic E-state index is -4.65. The third-order valence-electron chi connectivity index (χ3n) is 4.67. The first-order chi connectivity index (χ1) is 15.0. The van der Waals surface area contributed by atoms with Gasteiger partial charge in [0, 0.05) is 23.7 Å². The van der Waals surface area contributed by atoms with E-state index < -0.39 is 27.9 Å². The summed E-state index contributed by atoms with van der Waals surface area (Å²) in [6, 6.07) is 8.27. The smallest absolute Gasteiger partial charge is 0.325 e. The van der Waals surface area contributed by atoms with Gasteiger partial charge in [0.05, 0.1) is 16.3 Å². The van der Waals surface area contributed by atoms with Crippen LogP contribution in [0.2, 0.25) is 10.0 Å². The van der Waals surface area contributed by atoms with Gasteiger partial charge in [-0.25, -0.2) is 4.99 Å². The number of hydrogen-bond acceptors (Lipinski definition) is 4. The minimum absolute atomic E-state index is 0.0261. The number of benzene rings is 2. The molecule has 0 aliphatic carbocycles. The van der Waals surface area contributed by atoms with Gasteiger partial charge in [0.15, 0.2) is 5.17 Å². The first kappa shape index (κ1) is 24.4. The van der Waals surface area contributed by atoms with Crippen molar-refractivity contribution in [3.05, 3.63) is 57.6 Å². The Morgan fingerprint density at radius 2 is 1.94 bits per heavy atom. The summed E-state index contributed by atoms with van der Waals surface area (Å²) in [7, 11) is 0. The van der Waals surface area contributed by atoms with Crippen molar-refractivity contribution in [1.82, 2.24) is 4.90 Å². The number of anilines is 1. The molecule has 2 amide bonds. The van der Waals surface area contributed by atoms with Crippen LogP contribution in [0.4, 0.5) is 24.5 Å². The van der Waals surface area contributed by atoms with Gasteiger partial charge < -0.3 is 5.32 Å². The number of halogens is 5. The Labute approximate surface area is 197 Å². The van der Waals surface area contributed by atoms with Gasteiger partial charge in [0.1, 0.15) is 5.25 Å². The third kappa shape index (κ3) is 5.57. The first-order valence-corrected chi connectivity index (χ1v) is 11.1. The van der Waals surface area contributed by atoms with Crippen molar-refractivity contribution < 1.29 is 22.8 Å². The number of nitrogens with one attached hydrogen (secondary N) is 1. The normalized spacial score (nSPS) is 18.2. The maximum atomic E-state index is 13.2. The number of nitrogens with zero attached hydrogens (tertiary/aromatic N) is 2. The molecule has 0 aromatic heterocycles. The molecule has 0 bridgehead atoms. The standard InChI is InChI=1S/C21H18Cl2F3N3O2S/c1-3-29-18(30)10-17(19(31)27-13-5-4-11(2)16(23)9-13)32-20(29)28-12-6-7-15(22)14(8-12)21(24,25)26/h4-9,17H,3,10H2,1-2H3,(H,27,31). The molecule has 0 spiro atoms. The summed E-state index contributed by atoms with van der Waals surface area (Å²) >= 11 is 12.8. The Morgan fingerprint density at radius 1 is 1.22 bits per heavy atom. The molecular formula is C21H18Cl2F3N3O2S. The topological polar surface area (TPSA) is 61.8 Å². The van der Waals surface area contributed by atoms with Crippen LogP contribution < -0.4 is 5.32 Å². The van der Waals surface area contributed by atoms with E-state index in [4.69, 9.17) is 23.2 Å². The van der Waals surface area contributed by atoms with Gasteiger partial charge in [-0.1, -0.05) is 41.0 Å². The molecule has 1 aliphatic rings. The van der Waals surface area contributed by atoms with Crippen LogP contribution in [0.1, 0.15) is 24.5 Å². The van der Waals surface area contributed by atoms with Crippen LogP contribution in [0.25, 0.3) is 0 Å². The molecule has 1 N–H and O–H groups in total. The molecule has 0 radical (unpaired) electrons. The lowest BCUT2D eigenvalue weighted by Gasteiger charge is -2.31. The van der Waals surface area contributed by atoms with E-state index in [-0.39, 0.29) is 29.7 Å². The molecule has 3 rings (SSSR count). The number of hydrogen-bond donors (Lipinski definition) is 1. The van der Waals surface area contributed by atoms with E-state index >= 15 is 0 Å². The van der Waals surface area contributed by atoms with Crippen molar-refractivity contribution in [2.45, 2.75) is 31.7 Å². The maximum absolute atomic E-state index is 13.2. The Kier molecular flexibility index (Phi) is 7.42. The van der Waals surface area contributed by atoms with Crippen LogP contribution in [0.3, 0.4) is 0 Å². The van der Waals surface area contributed by atoms with Gasteiger partial charge in [0.25, 0.3) is 0 Å². The number of thioether (sulfide) groups is 1.